The van der Waals surface area contributed by atoms with E-state index in [9.17, 15) is 0 Å². The van der Waals surface area contributed by atoms with Gasteiger partial charge in [-0.3, -0.25) is 0 Å². The quantitative estimate of drug-likeness (QED) is 0.166. The molecule has 0 aliphatic rings. The molecule has 0 N–H and O–H groups in total. The van der Waals surface area contributed by atoms with E-state index < -0.39 is 0 Å². The predicted molar refractivity (Wildman–Crippen MR) is 225 cm³/mol. The minimum absolute atomic E-state index is 0.921. The normalized spacial score (nSPS) is 11.8. The molecule has 1 heteroatoms. The molecular weight excluding hydrogens is 641 g/mol. The van der Waals surface area contributed by atoms with Gasteiger partial charge in [-0.05, 0) is 88.5 Å². The van der Waals surface area contributed by atoms with Crippen LogP contribution in [0.2, 0.25) is 0 Å². The first-order valence-corrected chi connectivity index (χ1v) is 18.3. The molecule has 0 amide bonds. The van der Waals surface area contributed by atoms with E-state index >= 15 is 0 Å². The zero-order valence-corrected chi connectivity index (χ0v) is 28.9. The maximum Gasteiger partial charge on any atom is 0.143 e. The SMILES string of the molecule is c1ccc(-c2ccc(-c3ccccc3-c3ccc4ccc5c(-c6ccc(-c7cccc8c7oc7ccccc78)cc6)ccc6ccc3c4c65)cc2)cc1. The molecule has 0 spiro atoms. The van der Waals surface area contributed by atoms with Crippen molar-refractivity contribution < 1.29 is 4.42 Å². The van der Waals surface area contributed by atoms with Crippen molar-refractivity contribution in [2.24, 2.45) is 0 Å². The van der Waals surface area contributed by atoms with Gasteiger partial charge in [0.05, 0.1) is 0 Å². The van der Waals surface area contributed by atoms with Crippen molar-refractivity contribution in [1.29, 1.82) is 0 Å². The van der Waals surface area contributed by atoms with Crippen LogP contribution >= 0.6 is 0 Å². The van der Waals surface area contributed by atoms with E-state index in [2.05, 4.69) is 182 Å². The fraction of sp³-hybridized carbons (Fsp3) is 0. The van der Waals surface area contributed by atoms with Crippen LogP contribution in [0.3, 0.4) is 0 Å². The highest BCUT2D eigenvalue weighted by molar-refractivity contribution is 6.28. The largest absolute Gasteiger partial charge is 0.455 e. The van der Waals surface area contributed by atoms with Crippen molar-refractivity contribution >= 4 is 54.3 Å². The fourth-order valence-electron chi connectivity index (χ4n) is 8.53. The highest BCUT2D eigenvalue weighted by Crippen LogP contribution is 2.45. The van der Waals surface area contributed by atoms with Crippen LogP contribution in [-0.2, 0) is 0 Å². The standard InChI is InChI=1S/C52H32O/c1-2-9-33(10-3-1)34-17-19-35(20-18-34)40-11-4-5-12-43(40)44-30-26-39-27-31-46-41(29-25-38-28-32-47(44)51(39)50(38)46)36-21-23-37(24-22-36)42-14-8-15-48-45-13-6-7-16-49(45)53-52(42)48/h1-32H. The molecule has 0 aliphatic heterocycles. The monoisotopic (exact) mass is 672 g/mol. The third-order valence-electron chi connectivity index (χ3n) is 11.1. The second-order valence-corrected chi connectivity index (χ2v) is 14.0. The Labute approximate surface area is 307 Å². The second-order valence-electron chi connectivity index (χ2n) is 14.0. The third kappa shape index (κ3) is 4.71. The molecule has 1 aromatic heterocycles. The number of fused-ring (bicyclic) bond motifs is 3. The Kier molecular flexibility index (Phi) is 6.62. The molecule has 53 heavy (non-hydrogen) atoms. The number of hydrogen-bond donors (Lipinski definition) is 0. The van der Waals surface area contributed by atoms with Crippen molar-refractivity contribution in [3.05, 3.63) is 194 Å². The summed E-state index contributed by atoms with van der Waals surface area (Å²) >= 11 is 0. The van der Waals surface area contributed by atoms with Crippen LogP contribution in [-0.4, -0.2) is 0 Å². The molecule has 10 aromatic carbocycles. The van der Waals surface area contributed by atoms with E-state index in [0.717, 1.165) is 33.1 Å². The Bertz CT molecular complexity index is 3130. The van der Waals surface area contributed by atoms with E-state index in [1.165, 1.54) is 76.8 Å². The minimum Gasteiger partial charge on any atom is -0.455 e. The molecule has 11 aromatic rings. The van der Waals surface area contributed by atoms with Gasteiger partial charge >= 0.3 is 0 Å². The molecule has 0 atom stereocenters. The molecule has 1 nitrogen and oxygen atoms in total. The second kappa shape index (κ2) is 11.8. The highest BCUT2D eigenvalue weighted by Gasteiger charge is 2.17. The zero-order valence-electron chi connectivity index (χ0n) is 28.9. The lowest BCUT2D eigenvalue weighted by Gasteiger charge is -2.18. The number of para-hydroxylation sites is 2. The molecule has 0 radical (unpaired) electrons. The molecule has 0 unspecified atom stereocenters. The smallest absolute Gasteiger partial charge is 0.143 e. The molecule has 0 saturated heterocycles. The van der Waals surface area contributed by atoms with Gasteiger partial charge < -0.3 is 4.42 Å². The van der Waals surface area contributed by atoms with E-state index in [1.54, 1.807) is 0 Å². The first kappa shape index (κ1) is 29.7. The molecule has 0 bridgehead atoms. The van der Waals surface area contributed by atoms with Crippen LogP contribution in [0.25, 0.3) is 110 Å². The summed E-state index contributed by atoms with van der Waals surface area (Å²) in [5.74, 6) is 0. The van der Waals surface area contributed by atoms with Gasteiger partial charge in [-0.1, -0.05) is 188 Å². The van der Waals surface area contributed by atoms with Gasteiger partial charge in [-0.2, -0.15) is 0 Å². The number of hydrogen-bond acceptors (Lipinski definition) is 1. The summed E-state index contributed by atoms with van der Waals surface area (Å²) in [5.41, 5.74) is 14.0. The fourth-order valence-corrected chi connectivity index (χ4v) is 8.53. The summed E-state index contributed by atoms with van der Waals surface area (Å²) in [4.78, 5) is 0. The summed E-state index contributed by atoms with van der Waals surface area (Å²) in [6, 6.07) is 70.5. The third-order valence-corrected chi connectivity index (χ3v) is 11.1. The van der Waals surface area contributed by atoms with Crippen LogP contribution in [0.4, 0.5) is 0 Å². The van der Waals surface area contributed by atoms with Crippen molar-refractivity contribution in [2.75, 3.05) is 0 Å². The Morgan fingerprint density at radius 2 is 0.736 bits per heavy atom. The lowest BCUT2D eigenvalue weighted by atomic mass is 9.85. The van der Waals surface area contributed by atoms with Crippen LogP contribution in [0.5, 0.6) is 0 Å². The van der Waals surface area contributed by atoms with Gasteiger partial charge in [0.15, 0.2) is 0 Å². The Morgan fingerprint density at radius 3 is 1.47 bits per heavy atom. The molecule has 0 aliphatic carbocycles. The zero-order chi connectivity index (χ0) is 34.9. The molecule has 11 rings (SSSR count). The molecule has 246 valence electrons. The van der Waals surface area contributed by atoms with Crippen molar-refractivity contribution in [2.45, 2.75) is 0 Å². The highest BCUT2D eigenvalue weighted by atomic mass is 16.3. The van der Waals surface area contributed by atoms with E-state index in [0.29, 0.717) is 0 Å². The van der Waals surface area contributed by atoms with E-state index in [-0.39, 0.29) is 0 Å². The molecule has 1 heterocycles. The average molecular weight is 673 g/mol. The Balaban J connectivity index is 1.02. The number of benzene rings is 10. The summed E-state index contributed by atoms with van der Waals surface area (Å²) in [5, 5.41) is 10.0. The number of furan rings is 1. The summed E-state index contributed by atoms with van der Waals surface area (Å²) in [7, 11) is 0. The lowest BCUT2D eigenvalue weighted by molar-refractivity contribution is 0.670. The molecule has 0 saturated carbocycles. The Hall–Kier alpha value is -6.96. The number of rotatable bonds is 5. The lowest BCUT2D eigenvalue weighted by Crippen LogP contribution is -1.91. The summed E-state index contributed by atoms with van der Waals surface area (Å²) in [6.07, 6.45) is 0. The maximum absolute atomic E-state index is 6.37. The maximum atomic E-state index is 6.37. The van der Waals surface area contributed by atoms with Crippen molar-refractivity contribution in [3.8, 4) is 55.6 Å². The molecular formula is C52H32O. The van der Waals surface area contributed by atoms with Gasteiger partial charge in [0.25, 0.3) is 0 Å². The topological polar surface area (TPSA) is 13.1 Å². The average Bonchev–Trinajstić information content (AvgIpc) is 3.62. The van der Waals surface area contributed by atoms with Gasteiger partial charge in [-0.25, -0.2) is 0 Å². The van der Waals surface area contributed by atoms with E-state index in [4.69, 9.17) is 4.42 Å². The van der Waals surface area contributed by atoms with Gasteiger partial charge in [0.1, 0.15) is 11.2 Å². The van der Waals surface area contributed by atoms with Crippen LogP contribution in [0.1, 0.15) is 0 Å². The summed E-state index contributed by atoms with van der Waals surface area (Å²) in [6.45, 7) is 0. The van der Waals surface area contributed by atoms with Crippen LogP contribution in [0.15, 0.2) is 199 Å². The molecule has 0 fully saturated rings. The van der Waals surface area contributed by atoms with Gasteiger partial charge in [0.2, 0.25) is 0 Å². The first-order chi connectivity index (χ1) is 26.3. The predicted octanol–water partition coefficient (Wildman–Crippen LogP) is 14.8. The van der Waals surface area contributed by atoms with Gasteiger partial charge in [-0.15, -0.1) is 0 Å². The summed E-state index contributed by atoms with van der Waals surface area (Å²) < 4.78 is 6.37. The van der Waals surface area contributed by atoms with E-state index in [1.807, 2.05) is 12.1 Å². The first-order valence-electron chi connectivity index (χ1n) is 18.3. The van der Waals surface area contributed by atoms with Crippen LogP contribution in [0, 0.1) is 0 Å². The van der Waals surface area contributed by atoms with Crippen LogP contribution < -0.4 is 0 Å². The Morgan fingerprint density at radius 1 is 0.245 bits per heavy atom. The minimum atomic E-state index is 0.921. The van der Waals surface area contributed by atoms with Crippen molar-refractivity contribution in [3.63, 3.8) is 0 Å². The van der Waals surface area contributed by atoms with Crippen molar-refractivity contribution in [1.82, 2.24) is 0 Å². The van der Waals surface area contributed by atoms with Gasteiger partial charge in [0, 0.05) is 16.3 Å².